The van der Waals surface area contributed by atoms with Crippen molar-refractivity contribution >= 4 is 17.7 Å². The summed E-state index contributed by atoms with van der Waals surface area (Å²) < 4.78 is 0. The van der Waals surface area contributed by atoms with Gasteiger partial charge in [0.1, 0.15) is 12.4 Å². The number of hydrogen-bond acceptors (Lipinski definition) is 5. The van der Waals surface area contributed by atoms with Crippen molar-refractivity contribution in [3.05, 3.63) is 36.9 Å². The van der Waals surface area contributed by atoms with Gasteiger partial charge in [-0.05, 0) is 0 Å². The third kappa shape index (κ3) is 3.77. The van der Waals surface area contributed by atoms with Crippen LogP contribution in [0.15, 0.2) is 31.2 Å². The minimum absolute atomic E-state index is 0.105. The van der Waals surface area contributed by atoms with Gasteiger partial charge >= 0.3 is 12.0 Å². The standard InChI is InChI=1S/C11H12N6O3/c18-10(19)9(1-7-2-14-6-15-7)17-11(20)16-8-3-12-5-13-4-8/h2-6,9H,1H2,(H,14,15)(H,18,19)(H2,16,17,20). The number of aromatic amines is 1. The SMILES string of the molecule is O=C(Nc1cncnc1)NC(Cc1cnc[nH]1)C(=O)O. The maximum atomic E-state index is 11.7. The number of amides is 2. The van der Waals surface area contributed by atoms with E-state index in [1.807, 2.05) is 0 Å². The number of aliphatic carboxylic acids is 1. The molecule has 2 aromatic rings. The molecule has 0 bridgehead atoms. The Bertz CT molecular complexity index is 571. The Morgan fingerprint density at radius 1 is 1.25 bits per heavy atom. The summed E-state index contributed by atoms with van der Waals surface area (Å²) >= 11 is 0. The van der Waals surface area contributed by atoms with E-state index in [0.717, 1.165) is 0 Å². The van der Waals surface area contributed by atoms with Crippen molar-refractivity contribution < 1.29 is 14.7 Å². The summed E-state index contributed by atoms with van der Waals surface area (Å²) in [6.07, 6.45) is 7.17. The van der Waals surface area contributed by atoms with Crippen LogP contribution in [-0.2, 0) is 11.2 Å². The maximum absolute atomic E-state index is 11.7. The zero-order valence-corrected chi connectivity index (χ0v) is 10.3. The van der Waals surface area contributed by atoms with Crippen LogP contribution >= 0.6 is 0 Å². The van der Waals surface area contributed by atoms with Gasteiger partial charge < -0.3 is 20.7 Å². The first-order chi connectivity index (χ1) is 9.65. The normalized spacial score (nSPS) is 11.6. The van der Waals surface area contributed by atoms with Crippen LogP contribution < -0.4 is 10.6 Å². The number of nitrogens with one attached hydrogen (secondary N) is 3. The van der Waals surface area contributed by atoms with E-state index in [-0.39, 0.29) is 6.42 Å². The second-order valence-electron chi connectivity index (χ2n) is 3.90. The predicted octanol–water partition coefficient (Wildman–Crippen LogP) is 0.0171. The van der Waals surface area contributed by atoms with Crippen molar-refractivity contribution in [1.29, 1.82) is 0 Å². The summed E-state index contributed by atoms with van der Waals surface area (Å²) in [5, 5.41) is 13.9. The first-order valence-corrected chi connectivity index (χ1v) is 5.67. The zero-order chi connectivity index (χ0) is 14.4. The average Bonchev–Trinajstić information content (AvgIpc) is 2.92. The zero-order valence-electron chi connectivity index (χ0n) is 10.3. The fourth-order valence-corrected chi connectivity index (χ4v) is 1.51. The monoisotopic (exact) mass is 276 g/mol. The largest absolute Gasteiger partial charge is 0.480 e. The van der Waals surface area contributed by atoms with Crippen molar-refractivity contribution in [2.24, 2.45) is 0 Å². The summed E-state index contributed by atoms with van der Waals surface area (Å²) in [5.41, 5.74) is 0.983. The van der Waals surface area contributed by atoms with Crippen LogP contribution in [0.1, 0.15) is 5.69 Å². The van der Waals surface area contributed by atoms with Crippen LogP contribution in [0.4, 0.5) is 10.5 Å². The van der Waals surface area contributed by atoms with Crippen molar-refractivity contribution in [2.75, 3.05) is 5.32 Å². The summed E-state index contributed by atoms with van der Waals surface area (Å²) in [4.78, 5) is 36.8. The second-order valence-corrected chi connectivity index (χ2v) is 3.90. The number of carbonyl (C=O) groups excluding carboxylic acids is 1. The molecule has 0 aromatic carbocycles. The topological polar surface area (TPSA) is 133 Å². The number of carboxylic acid groups (broad SMARTS) is 1. The first-order valence-electron chi connectivity index (χ1n) is 5.67. The quantitative estimate of drug-likeness (QED) is 0.608. The third-order valence-electron chi connectivity index (χ3n) is 2.40. The predicted molar refractivity (Wildman–Crippen MR) is 67.9 cm³/mol. The number of hydrogen-bond donors (Lipinski definition) is 4. The highest BCUT2D eigenvalue weighted by atomic mass is 16.4. The summed E-state index contributed by atoms with van der Waals surface area (Å²) in [6.45, 7) is 0. The van der Waals surface area contributed by atoms with Gasteiger partial charge in [-0.15, -0.1) is 0 Å². The number of aromatic nitrogens is 4. The molecule has 1 atom stereocenters. The number of imidazole rings is 1. The number of urea groups is 1. The van der Waals surface area contributed by atoms with Gasteiger partial charge in [0.25, 0.3) is 0 Å². The maximum Gasteiger partial charge on any atom is 0.326 e. The Hall–Kier alpha value is -2.97. The highest BCUT2D eigenvalue weighted by molar-refractivity contribution is 5.92. The van der Waals surface area contributed by atoms with E-state index < -0.39 is 18.0 Å². The number of carboxylic acids is 1. The molecule has 2 heterocycles. The number of rotatable bonds is 5. The Morgan fingerprint density at radius 2 is 2.00 bits per heavy atom. The van der Waals surface area contributed by atoms with Gasteiger partial charge in [0.2, 0.25) is 0 Å². The summed E-state index contributed by atoms with van der Waals surface area (Å²) in [6, 6.07) is -1.72. The lowest BCUT2D eigenvalue weighted by molar-refractivity contribution is -0.139. The molecule has 9 nitrogen and oxygen atoms in total. The molecule has 9 heteroatoms. The lowest BCUT2D eigenvalue weighted by Gasteiger charge is -2.14. The van der Waals surface area contributed by atoms with Gasteiger partial charge in [0.15, 0.2) is 0 Å². The lowest BCUT2D eigenvalue weighted by atomic mass is 10.2. The lowest BCUT2D eigenvalue weighted by Crippen LogP contribution is -2.44. The summed E-state index contributed by atoms with van der Waals surface area (Å²) in [5.74, 6) is -1.14. The Morgan fingerprint density at radius 3 is 2.60 bits per heavy atom. The molecule has 0 aliphatic carbocycles. The highest BCUT2D eigenvalue weighted by Crippen LogP contribution is 2.02. The molecule has 0 spiro atoms. The molecule has 20 heavy (non-hydrogen) atoms. The minimum atomic E-state index is -1.14. The molecule has 2 amide bonds. The van der Waals surface area contributed by atoms with E-state index in [9.17, 15) is 9.59 Å². The molecule has 0 saturated heterocycles. The van der Waals surface area contributed by atoms with Gasteiger partial charge in [0, 0.05) is 18.3 Å². The second kappa shape index (κ2) is 6.27. The van der Waals surface area contributed by atoms with Crippen LogP contribution in [0, 0.1) is 0 Å². The Balaban J connectivity index is 1.94. The Kier molecular flexibility index (Phi) is 4.22. The molecular weight excluding hydrogens is 264 g/mol. The fourth-order valence-electron chi connectivity index (χ4n) is 1.51. The molecule has 0 aliphatic heterocycles. The van der Waals surface area contributed by atoms with Crippen LogP contribution in [0.2, 0.25) is 0 Å². The number of carbonyl (C=O) groups is 2. The van der Waals surface area contributed by atoms with E-state index >= 15 is 0 Å². The molecule has 2 rings (SSSR count). The smallest absolute Gasteiger partial charge is 0.326 e. The van der Waals surface area contributed by atoms with E-state index in [4.69, 9.17) is 5.11 Å². The molecule has 0 radical (unpaired) electrons. The van der Waals surface area contributed by atoms with Crippen LogP contribution in [0.25, 0.3) is 0 Å². The number of H-pyrrole nitrogens is 1. The number of anilines is 1. The van der Waals surface area contributed by atoms with Crippen molar-refractivity contribution in [2.45, 2.75) is 12.5 Å². The molecular formula is C11H12N6O3. The van der Waals surface area contributed by atoms with Crippen LogP contribution in [-0.4, -0.2) is 43.1 Å². The molecule has 0 saturated carbocycles. The number of nitrogens with zero attached hydrogens (tertiary/aromatic N) is 3. The fraction of sp³-hybridized carbons (Fsp3) is 0.182. The van der Waals surface area contributed by atoms with Crippen molar-refractivity contribution in [3.8, 4) is 0 Å². The van der Waals surface area contributed by atoms with E-state index in [1.54, 1.807) is 0 Å². The van der Waals surface area contributed by atoms with Gasteiger partial charge in [-0.3, -0.25) is 0 Å². The van der Waals surface area contributed by atoms with Gasteiger partial charge in [0.05, 0.1) is 24.4 Å². The van der Waals surface area contributed by atoms with Crippen molar-refractivity contribution in [3.63, 3.8) is 0 Å². The summed E-state index contributed by atoms with van der Waals surface area (Å²) in [7, 11) is 0. The third-order valence-corrected chi connectivity index (χ3v) is 2.40. The molecule has 104 valence electrons. The Labute approximate surface area is 113 Å². The molecule has 4 N–H and O–H groups in total. The van der Waals surface area contributed by atoms with Crippen LogP contribution in [0.3, 0.4) is 0 Å². The average molecular weight is 276 g/mol. The van der Waals surface area contributed by atoms with Crippen molar-refractivity contribution in [1.82, 2.24) is 25.3 Å². The van der Waals surface area contributed by atoms with E-state index in [2.05, 4.69) is 30.6 Å². The minimum Gasteiger partial charge on any atom is -0.480 e. The van der Waals surface area contributed by atoms with Gasteiger partial charge in [-0.25, -0.2) is 24.5 Å². The molecule has 0 fully saturated rings. The molecule has 2 aromatic heterocycles. The van der Waals surface area contributed by atoms with Crippen LogP contribution in [0.5, 0.6) is 0 Å². The molecule has 0 aliphatic rings. The van der Waals surface area contributed by atoms with E-state index in [1.165, 1.54) is 31.2 Å². The van der Waals surface area contributed by atoms with Gasteiger partial charge in [-0.2, -0.15) is 0 Å². The molecule has 1 unspecified atom stereocenters. The van der Waals surface area contributed by atoms with E-state index in [0.29, 0.717) is 11.4 Å². The van der Waals surface area contributed by atoms with Gasteiger partial charge in [-0.1, -0.05) is 0 Å². The first kappa shape index (κ1) is 13.5. The highest BCUT2D eigenvalue weighted by Gasteiger charge is 2.21.